The summed E-state index contributed by atoms with van der Waals surface area (Å²) in [5, 5.41) is 10.4. The molecule has 7 rings (SSSR count). The fourth-order valence-corrected chi connectivity index (χ4v) is 5.09. The maximum atomic E-state index is 16.0. The Kier molecular flexibility index (Phi) is 5.12. The van der Waals surface area contributed by atoms with Gasteiger partial charge in [-0.2, -0.15) is 5.10 Å². The van der Waals surface area contributed by atoms with E-state index in [0.29, 0.717) is 33.7 Å². The lowest BCUT2D eigenvalue weighted by atomic mass is 10.1. The number of piperidine rings is 1. The van der Waals surface area contributed by atoms with Crippen LogP contribution in [0.25, 0.3) is 44.7 Å². The average Bonchev–Trinajstić information content (AvgIpc) is 3.54. The van der Waals surface area contributed by atoms with Gasteiger partial charge in [0.2, 0.25) is 5.91 Å². The highest BCUT2D eigenvalue weighted by Crippen LogP contribution is 2.35. The van der Waals surface area contributed by atoms with Gasteiger partial charge in [0, 0.05) is 30.8 Å². The first-order valence-electron chi connectivity index (χ1n) is 12.7. The molecule has 3 N–H and O–H groups in total. The first kappa shape index (κ1) is 21.9. The molecule has 1 aliphatic heterocycles. The van der Waals surface area contributed by atoms with Crippen molar-refractivity contribution < 1.29 is 9.18 Å². The number of rotatable bonds is 5. The number of fused-ring (bicyclic) bond motifs is 2. The Morgan fingerprint density at radius 2 is 1.92 bits per heavy atom. The van der Waals surface area contributed by atoms with E-state index in [4.69, 9.17) is 4.98 Å². The van der Waals surface area contributed by atoms with E-state index in [2.05, 4.69) is 41.4 Å². The molecule has 1 aliphatic carbocycles. The van der Waals surface area contributed by atoms with Gasteiger partial charge in [0.15, 0.2) is 11.6 Å². The zero-order valence-corrected chi connectivity index (χ0v) is 20.1. The molecule has 0 spiro atoms. The van der Waals surface area contributed by atoms with E-state index in [-0.39, 0.29) is 17.5 Å². The summed E-state index contributed by atoms with van der Waals surface area (Å²) < 4.78 is 16.0. The Hall–Kier alpha value is -4.34. The minimum atomic E-state index is -0.523. The van der Waals surface area contributed by atoms with E-state index in [9.17, 15) is 4.79 Å². The van der Waals surface area contributed by atoms with Crippen molar-refractivity contribution in [2.24, 2.45) is 5.92 Å². The SMILES string of the molecule is O=C(Nc1cncc(-c2ncc3[nH]nc(-c4nc5c(N6CCCCC6)cccc5[nH]4)c3c2F)c1)C1CC1. The van der Waals surface area contributed by atoms with Crippen LogP contribution in [0.3, 0.4) is 0 Å². The van der Waals surface area contributed by atoms with Gasteiger partial charge < -0.3 is 15.2 Å². The average molecular weight is 497 g/mol. The molecule has 4 aromatic heterocycles. The summed E-state index contributed by atoms with van der Waals surface area (Å²) in [6.07, 6.45) is 10.0. The van der Waals surface area contributed by atoms with Crippen LogP contribution in [-0.2, 0) is 4.79 Å². The largest absolute Gasteiger partial charge is 0.370 e. The number of carbonyl (C=O) groups is 1. The second kappa shape index (κ2) is 8.65. The van der Waals surface area contributed by atoms with Crippen molar-refractivity contribution in [2.75, 3.05) is 23.3 Å². The lowest BCUT2D eigenvalue weighted by Crippen LogP contribution is -2.29. The third-order valence-electron chi connectivity index (χ3n) is 7.18. The molecule has 0 unspecified atom stereocenters. The highest BCUT2D eigenvalue weighted by atomic mass is 19.1. The molecule has 2 fully saturated rings. The van der Waals surface area contributed by atoms with Crippen molar-refractivity contribution in [1.82, 2.24) is 30.1 Å². The Labute approximate surface area is 211 Å². The Morgan fingerprint density at radius 3 is 2.76 bits per heavy atom. The number of imidazole rings is 1. The van der Waals surface area contributed by atoms with Crippen LogP contribution in [-0.4, -0.2) is 49.1 Å². The Bertz CT molecular complexity index is 1650. The number of para-hydroxylation sites is 1. The van der Waals surface area contributed by atoms with E-state index in [1.807, 2.05) is 12.1 Å². The molecule has 9 nitrogen and oxygen atoms in total. The van der Waals surface area contributed by atoms with Crippen molar-refractivity contribution in [3.05, 3.63) is 48.7 Å². The summed E-state index contributed by atoms with van der Waals surface area (Å²) in [5.74, 6) is -0.00730. The quantitative estimate of drug-likeness (QED) is 0.314. The molecular weight excluding hydrogens is 471 g/mol. The smallest absolute Gasteiger partial charge is 0.227 e. The highest BCUT2D eigenvalue weighted by molar-refractivity contribution is 5.98. The van der Waals surface area contributed by atoms with Gasteiger partial charge in [0.25, 0.3) is 0 Å². The predicted octanol–water partition coefficient (Wildman–Crippen LogP) is 5.04. The van der Waals surface area contributed by atoms with Gasteiger partial charge in [-0.15, -0.1) is 0 Å². The van der Waals surface area contributed by atoms with Crippen LogP contribution < -0.4 is 10.2 Å². The summed E-state index contributed by atoms with van der Waals surface area (Å²) in [7, 11) is 0. The molecule has 2 aliphatic rings. The number of nitrogens with zero attached hydrogens (tertiary/aromatic N) is 5. The first-order chi connectivity index (χ1) is 18.2. The van der Waals surface area contributed by atoms with Gasteiger partial charge >= 0.3 is 0 Å². The summed E-state index contributed by atoms with van der Waals surface area (Å²) in [4.78, 5) is 31.3. The molecule has 10 heteroatoms. The number of H-pyrrole nitrogens is 2. The van der Waals surface area contributed by atoms with Crippen molar-refractivity contribution in [2.45, 2.75) is 32.1 Å². The molecule has 1 aromatic carbocycles. The van der Waals surface area contributed by atoms with E-state index >= 15 is 4.39 Å². The number of nitrogens with one attached hydrogen (secondary N) is 3. The Morgan fingerprint density at radius 1 is 1.05 bits per heavy atom. The summed E-state index contributed by atoms with van der Waals surface area (Å²) >= 11 is 0. The van der Waals surface area contributed by atoms with E-state index < -0.39 is 5.82 Å². The summed E-state index contributed by atoms with van der Waals surface area (Å²) in [5.41, 5.74) is 4.81. The maximum absolute atomic E-state index is 16.0. The summed E-state index contributed by atoms with van der Waals surface area (Å²) in [6.45, 7) is 2.01. The predicted molar refractivity (Wildman–Crippen MR) is 140 cm³/mol. The molecule has 1 saturated heterocycles. The van der Waals surface area contributed by atoms with Crippen molar-refractivity contribution in [3.63, 3.8) is 0 Å². The van der Waals surface area contributed by atoms with Gasteiger partial charge in [-0.1, -0.05) is 6.07 Å². The van der Waals surface area contributed by atoms with Crippen LogP contribution in [0.5, 0.6) is 0 Å². The Balaban J connectivity index is 1.29. The number of aromatic amines is 2. The number of hydrogen-bond donors (Lipinski definition) is 3. The topological polar surface area (TPSA) is 115 Å². The second-order valence-electron chi connectivity index (χ2n) is 9.81. The summed E-state index contributed by atoms with van der Waals surface area (Å²) in [6, 6.07) is 7.77. The molecular formula is C27H25FN8O. The van der Waals surface area contributed by atoms with Crippen molar-refractivity contribution in [3.8, 4) is 22.8 Å². The zero-order chi connectivity index (χ0) is 24.9. The highest BCUT2D eigenvalue weighted by Gasteiger charge is 2.30. The number of benzene rings is 1. The third kappa shape index (κ3) is 3.89. The molecule has 1 saturated carbocycles. The molecule has 1 amide bonds. The molecule has 0 radical (unpaired) electrons. The number of anilines is 2. The van der Waals surface area contributed by atoms with E-state index in [1.54, 1.807) is 18.5 Å². The van der Waals surface area contributed by atoms with Crippen LogP contribution in [0.15, 0.2) is 42.9 Å². The van der Waals surface area contributed by atoms with Crippen LogP contribution in [0.2, 0.25) is 0 Å². The van der Waals surface area contributed by atoms with Crippen LogP contribution in [0.4, 0.5) is 15.8 Å². The molecule has 0 bridgehead atoms. The van der Waals surface area contributed by atoms with E-state index in [0.717, 1.165) is 42.7 Å². The third-order valence-corrected chi connectivity index (χ3v) is 7.18. The van der Waals surface area contributed by atoms with Gasteiger partial charge in [-0.25, -0.2) is 9.37 Å². The van der Waals surface area contributed by atoms with Crippen LogP contribution in [0.1, 0.15) is 32.1 Å². The molecule has 186 valence electrons. The van der Waals surface area contributed by atoms with E-state index in [1.165, 1.54) is 25.5 Å². The first-order valence-corrected chi connectivity index (χ1v) is 12.7. The maximum Gasteiger partial charge on any atom is 0.227 e. The minimum Gasteiger partial charge on any atom is -0.370 e. The number of hydrogen-bond acceptors (Lipinski definition) is 6. The number of carbonyl (C=O) groups excluding carboxylic acids is 1. The minimum absolute atomic E-state index is 0.0336. The standard InChI is InChI=1S/C27H25FN8O/c28-22-21-19(14-30-23(22)16-11-17(13-29-12-16)31-27(37)15-7-8-15)34-35-25(21)26-32-18-5-4-6-20(24(18)33-26)36-9-2-1-3-10-36/h4-6,11-15H,1-3,7-10H2,(H,31,37)(H,32,33)(H,34,35). The van der Waals surface area contributed by atoms with Crippen LogP contribution in [0, 0.1) is 11.7 Å². The fourth-order valence-electron chi connectivity index (χ4n) is 5.09. The molecule has 5 aromatic rings. The number of aromatic nitrogens is 6. The fraction of sp³-hybridized carbons (Fsp3) is 0.296. The zero-order valence-electron chi connectivity index (χ0n) is 20.1. The van der Waals surface area contributed by atoms with Crippen LogP contribution >= 0.6 is 0 Å². The lowest BCUT2D eigenvalue weighted by Gasteiger charge is -2.28. The molecule has 5 heterocycles. The van der Waals surface area contributed by atoms with Gasteiger partial charge in [-0.05, 0) is 50.3 Å². The van der Waals surface area contributed by atoms with Gasteiger partial charge in [-0.3, -0.25) is 19.9 Å². The number of amides is 1. The lowest BCUT2D eigenvalue weighted by molar-refractivity contribution is -0.117. The van der Waals surface area contributed by atoms with Crippen molar-refractivity contribution >= 4 is 39.2 Å². The number of halogens is 1. The van der Waals surface area contributed by atoms with Crippen molar-refractivity contribution in [1.29, 1.82) is 0 Å². The normalized spacial score (nSPS) is 16.0. The monoisotopic (exact) mass is 496 g/mol. The molecule has 0 atom stereocenters. The van der Waals surface area contributed by atoms with Gasteiger partial charge in [0.1, 0.15) is 16.9 Å². The second-order valence-corrected chi connectivity index (χ2v) is 9.81. The number of pyridine rings is 2. The van der Waals surface area contributed by atoms with Gasteiger partial charge in [0.05, 0.1) is 40.2 Å². The molecule has 37 heavy (non-hydrogen) atoms.